The Morgan fingerprint density at radius 2 is 1.95 bits per heavy atom. The molecule has 1 amide bonds. The van der Waals surface area contributed by atoms with Crippen molar-refractivity contribution in [1.29, 1.82) is 0 Å². The van der Waals surface area contributed by atoms with Crippen LogP contribution in [0.4, 0.5) is 0 Å². The van der Waals surface area contributed by atoms with Crippen LogP contribution >= 0.6 is 0 Å². The minimum Gasteiger partial charge on any atom is -0.493 e. The molecule has 4 heterocycles. The Morgan fingerprint density at radius 1 is 1.10 bits per heavy atom. The van der Waals surface area contributed by atoms with Gasteiger partial charge in [0.15, 0.2) is 17.3 Å². The second kappa shape index (κ2) is 10.4. The molecule has 4 aromatic rings. The number of nitrogens with one attached hydrogen (secondary N) is 2. The lowest BCUT2D eigenvalue weighted by atomic mass is 9.94. The molecule has 2 atom stereocenters. The van der Waals surface area contributed by atoms with E-state index in [4.69, 9.17) is 28.1 Å². The van der Waals surface area contributed by atoms with E-state index in [9.17, 15) is 4.79 Å². The maximum absolute atomic E-state index is 12.3. The number of methoxy groups -OCH3 is 1. The monoisotopic (exact) mass is 573 g/mol. The summed E-state index contributed by atoms with van der Waals surface area (Å²) in [6.07, 6.45) is 4.83. The number of benzene rings is 2. The molecule has 3 fully saturated rings. The third-order valence-corrected chi connectivity index (χ3v) is 9.00. The van der Waals surface area contributed by atoms with Crippen molar-refractivity contribution in [2.75, 3.05) is 47.1 Å². The predicted molar refractivity (Wildman–Crippen MR) is 155 cm³/mol. The number of amides is 1. The van der Waals surface area contributed by atoms with E-state index in [0.717, 1.165) is 48.6 Å². The molecule has 2 N–H and O–H groups in total. The summed E-state index contributed by atoms with van der Waals surface area (Å²) in [5.41, 5.74) is 1.95. The van der Waals surface area contributed by atoms with Crippen molar-refractivity contribution in [3.8, 4) is 23.0 Å². The van der Waals surface area contributed by atoms with Crippen molar-refractivity contribution in [3.63, 3.8) is 0 Å². The predicted octanol–water partition coefficient (Wildman–Crippen LogP) is 4.96. The van der Waals surface area contributed by atoms with Gasteiger partial charge in [-0.25, -0.2) is 0 Å². The summed E-state index contributed by atoms with van der Waals surface area (Å²) >= 11 is 0. The summed E-state index contributed by atoms with van der Waals surface area (Å²) in [7, 11) is 3.23. The molecule has 10 heteroatoms. The molecular weight excluding hydrogens is 538 g/mol. The number of nitrogens with zero attached hydrogens (tertiary/aromatic N) is 1. The number of fused-ring (bicyclic) bond motifs is 3. The average Bonchev–Trinajstić information content (AvgIpc) is 3.28. The second-order valence-corrected chi connectivity index (χ2v) is 11.3. The van der Waals surface area contributed by atoms with E-state index >= 15 is 0 Å². The lowest BCUT2D eigenvalue weighted by Crippen LogP contribution is -2.41. The number of ether oxygens (including phenoxy) is 5. The summed E-state index contributed by atoms with van der Waals surface area (Å²) in [6, 6.07) is 11.0. The van der Waals surface area contributed by atoms with E-state index in [1.807, 2.05) is 30.3 Å². The van der Waals surface area contributed by atoms with Crippen molar-refractivity contribution in [2.45, 2.75) is 32.0 Å². The van der Waals surface area contributed by atoms with Gasteiger partial charge in [0.1, 0.15) is 22.8 Å². The van der Waals surface area contributed by atoms with Gasteiger partial charge in [0.25, 0.3) is 5.91 Å². The van der Waals surface area contributed by atoms with Crippen LogP contribution in [0.15, 0.2) is 47.0 Å². The number of hydrogen-bond donors (Lipinski definition) is 2. The highest BCUT2D eigenvalue weighted by molar-refractivity contribution is 6.07. The van der Waals surface area contributed by atoms with Crippen LogP contribution < -0.4 is 24.8 Å². The number of carbonyl (C=O) groups excluding carboxylic acids is 1. The first-order valence-electron chi connectivity index (χ1n) is 14.5. The van der Waals surface area contributed by atoms with Gasteiger partial charge >= 0.3 is 0 Å². The molecule has 3 aliphatic rings. The van der Waals surface area contributed by atoms with Gasteiger partial charge in [0, 0.05) is 48.1 Å². The van der Waals surface area contributed by atoms with Crippen molar-refractivity contribution >= 4 is 27.8 Å². The molecule has 2 aliphatic heterocycles. The molecule has 2 saturated heterocycles. The van der Waals surface area contributed by atoms with Crippen molar-refractivity contribution < 1.29 is 32.9 Å². The van der Waals surface area contributed by atoms with Crippen LogP contribution in [-0.4, -0.2) is 63.7 Å². The van der Waals surface area contributed by atoms with Gasteiger partial charge in [-0.05, 0) is 56.4 Å². The van der Waals surface area contributed by atoms with Crippen LogP contribution in [0.1, 0.15) is 35.4 Å². The topological polar surface area (TPSA) is 113 Å². The van der Waals surface area contributed by atoms with Crippen molar-refractivity contribution in [1.82, 2.24) is 15.6 Å². The number of pyridine rings is 1. The van der Waals surface area contributed by atoms with Gasteiger partial charge in [0.2, 0.25) is 0 Å². The molecule has 2 unspecified atom stereocenters. The summed E-state index contributed by atoms with van der Waals surface area (Å²) in [6.45, 7) is 5.45. The molecular formula is C32H35N3O7. The quantitative estimate of drug-likeness (QED) is 0.268. The number of aromatic nitrogens is 1. The number of carbonyl (C=O) groups is 1. The Labute approximate surface area is 243 Å². The smallest absolute Gasteiger partial charge is 0.255 e. The van der Waals surface area contributed by atoms with Crippen LogP contribution in [0.5, 0.6) is 23.0 Å². The maximum atomic E-state index is 12.3. The molecule has 7 rings (SSSR count). The summed E-state index contributed by atoms with van der Waals surface area (Å²) in [5.74, 6) is 2.98. The number of furan rings is 1. The van der Waals surface area contributed by atoms with Gasteiger partial charge in [-0.1, -0.05) is 0 Å². The Kier molecular flexibility index (Phi) is 6.72. The maximum Gasteiger partial charge on any atom is 0.255 e. The zero-order chi connectivity index (χ0) is 28.9. The zero-order valence-electron chi connectivity index (χ0n) is 24.1. The fourth-order valence-electron chi connectivity index (χ4n) is 6.85. The SMILES string of the molecule is CNC(=O)c1c(C)oc2cc(Oc3ccnc4cc(OCCCC5CC56CNCC65OCCO5)c(OC)cc34)ccc12. The first-order chi connectivity index (χ1) is 20.5. The molecule has 1 saturated carbocycles. The van der Waals surface area contributed by atoms with Crippen LogP contribution in [-0.2, 0) is 9.47 Å². The highest BCUT2D eigenvalue weighted by atomic mass is 16.7. The molecule has 1 aliphatic carbocycles. The third-order valence-electron chi connectivity index (χ3n) is 9.00. The highest BCUT2D eigenvalue weighted by Crippen LogP contribution is 2.65. The lowest BCUT2D eigenvalue weighted by molar-refractivity contribution is -0.183. The van der Waals surface area contributed by atoms with Gasteiger partial charge in [-0.3, -0.25) is 9.78 Å². The van der Waals surface area contributed by atoms with Crippen LogP contribution in [0.2, 0.25) is 0 Å². The highest BCUT2D eigenvalue weighted by Gasteiger charge is 2.71. The van der Waals surface area contributed by atoms with Crippen molar-refractivity contribution in [3.05, 3.63) is 53.9 Å². The third kappa shape index (κ3) is 4.36. The van der Waals surface area contributed by atoms with Crippen LogP contribution in [0.3, 0.4) is 0 Å². The Balaban J connectivity index is 1.04. The van der Waals surface area contributed by atoms with Gasteiger partial charge in [-0.15, -0.1) is 0 Å². The van der Waals surface area contributed by atoms with E-state index in [-0.39, 0.29) is 11.3 Å². The fraction of sp³-hybridized carbons (Fsp3) is 0.438. The van der Waals surface area contributed by atoms with Crippen LogP contribution in [0.25, 0.3) is 21.9 Å². The molecule has 0 bridgehead atoms. The summed E-state index contributed by atoms with van der Waals surface area (Å²) in [5, 5.41) is 7.68. The van der Waals surface area contributed by atoms with Crippen LogP contribution in [0, 0.1) is 18.3 Å². The zero-order valence-corrected chi connectivity index (χ0v) is 24.1. The first-order valence-corrected chi connectivity index (χ1v) is 14.5. The molecule has 0 radical (unpaired) electrons. The molecule has 2 aromatic carbocycles. The molecule has 2 spiro atoms. The lowest BCUT2D eigenvalue weighted by Gasteiger charge is -2.29. The Hall–Kier alpha value is -3.86. The summed E-state index contributed by atoms with van der Waals surface area (Å²) < 4.78 is 36.2. The van der Waals surface area contributed by atoms with E-state index in [1.54, 1.807) is 33.3 Å². The molecule has 10 nitrogen and oxygen atoms in total. The minimum atomic E-state index is -0.428. The van der Waals surface area contributed by atoms with Gasteiger partial charge in [0.05, 0.1) is 44.6 Å². The van der Waals surface area contributed by atoms with E-state index in [0.29, 0.717) is 65.6 Å². The molecule has 42 heavy (non-hydrogen) atoms. The molecule has 2 aromatic heterocycles. The average molecular weight is 574 g/mol. The van der Waals surface area contributed by atoms with Crippen molar-refractivity contribution in [2.24, 2.45) is 11.3 Å². The standard InChI is InChI=1S/C32H35N3O7/c1-19-29(30(36)33-2)22-7-6-21(13-26(22)41-19)42-25-8-9-35-24-15-28(27(37-3)14-23(24)25)38-10-4-5-20-16-31(20)17-34-18-32(31)39-11-12-40-32/h6-9,13-15,20,34H,4-5,10-12,16-18H2,1-3H3,(H,33,36). The number of aryl methyl sites for hydroxylation is 1. The largest absolute Gasteiger partial charge is 0.493 e. The summed E-state index contributed by atoms with van der Waals surface area (Å²) in [4.78, 5) is 16.8. The Morgan fingerprint density at radius 3 is 2.76 bits per heavy atom. The fourth-order valence-corrected chi connectivity index (χ4v) is 6.85. The normalized spacial score (nSPS) is 22.3. The number of rotatable bonds is 9. The molecule has 220 valence electrons. The van der Waals surface area contributed by atoms with E-state index in [1.165, 1.54) is 0 Å². The van der Waals surface area contributed by atoms with Gasteiger partial charge in [-0.2, -0.15) is 0 Å². The first kappa shape index (κ1) is 27.0. The second-order valence-electron chi connectivity index (χ2n) is 11.3. The number of hydrogen-bond acceptors (Lipinski definition) is 9. The Bertz CT molecular complexity index is 1660. The minimum absolute atomic E-state index is 0.108. The van der Waals surface area contributed by atoms with E-state index < -0.39 is 5.79 Å². The van der Waals surface area contributed by atoms with E-state index in [2.05, 4.69) is 15.6 Å². The van der Waals surface area contributed by atoms with Gasteiger partial charge < -0.3 is 38.7 Å².